The van der Waals surface area contributed by atoms with Crippen molar-refractivity contribution in [3.63, 3.8) is 0 Å². The van der Waals surface area contributed by atoms with Gasteiger partial charge in [0.1, 0.15) is 0 Å². The molecule has 3 heteroatoms. The molecule has 0 fully saturated rings. The molecule has 0 radical (unpaired) electrons. The molecule has 0 aliphatic rings. The van der Waals surface area contributed by atoms with Crippen LogP contribution < -0.4 is 5.73 Å². The van der Waals surface area contributed by atoms with Crippen molar-refractivity contribution in [2.75, 3.05) is 20.6 Å². The number of hydrogen-bond donors (Lipinski definition) is 1. The molecule has 0 aromatic rings. The summed E-state index contributed by atoms with van der Waals surface area (Å²) >= 11 is 0. The molecule has 0 aliphatic carbocycles. The number of halogens is 1. The molecule has 2 N–H and O–H groups in total. The van der Waals surface area contributed by atoms with Crippen LogP contribution in [0.2, 0.25) is 0 Å². The molecule has 0 aromatic heterocycles. The summed E-state index contributed by atoms with van der Waals surface area (Å²) in [5.74, 6) is 0. The van der Waals surface area contributed by atoms with Crippen LogP contribution in [0.5, 0.6) is 0 Å². The van der Waals surface area contributed by atoms with Gasteiger partial charge in [0, 0.05) is 12.6 Å². The van der Waals surface area contributed by atoms with Gasteiger partial charge in [-0.1, -0.05) is 6.92 Å². The number of hydrogen-bond acceptors (Lipinski definition) is 2. The molecule has 1 atom stereocenters. The topological polar surface area (TPSA) is 29.3 Å². The number of rotatable bonds is 3. The fraction of sp³-hybridized carbons (Fsp3) is 1.00. The Bertz CT molecular complexity index is 53.0. The van der Waals surface area contributed by atoms with Crippen molar-refractivity contribution in [1.29, 1.82) is 0 Å². The van der Waals surface area contributed by atoms with E-state index in [1.165, 1.54) is 0 Å². The van der Waals surface area contributed by atoms with Crippen molar-refractivity contribution in [3.05, 3.63) is 0 Å². The van der Waals surface area contributed by atoms with E-state index in [0.29, 0.717) is 6.04 Å². The third-order valence-corrected chi connectivity index (χ3v) is 1.47. The standard InChI is InChI=1S/C6H16N2.ClH/c1-4-6(5-7)8(2)3;/h6H,4-5,7H2,1-3H3;1H/t6-;/m0./s1. The molecule has 0 heterocycles. The van der Waals surface area contributed by atoms with Gasteiger partial charge in [0.05, 0.1) is 0 Å². The monoisotopic (exact) mass is 152 g/mol. The Labute approximate surface area is 63.8 Å². The van der Waals surface area contributed by atoms with E-state index in [0.717, 1.165) is 13.0 Å². The molecule has 0 rings (SSSR count). The smallest absolute Gasteiger partial charge is 0.0209 e. The molecular formula is C6H17ClN2. The van der Waals surface area contributed by atoms with Gasteiger partial charge < -0.3 is 10.6 Å². The van der Waals surface area contributed by atoms with E-state index < -0.39 is 0 Å². The zero-order valence-electron chi connectivity index (χ0n) is 6.42. The highest BCUT2D eigenvalue weighted by molar-refractivity contribution is 5.85. The second-order valence-electron chi connectivity index (χ2n) is 2.26. The van der Waals surface area contributed by atoms with Gasteiger partial charge in [-0.25, -0.2) is 0 Å². The van der Waals surface area contributed by atoms with Crippen LogP contribution in [0.3, 0.4) is 0 Å². The van der Waals surface area contributed by atoms with Crippen LogP contribution in [0, 0.1) is 0 Å². The minimum absolute atomic E-state index is 0. The third-order valence-electron chi connectivity index (χ3n) is 1.47. The average molecular weight is 153 g/mol. The van der Waals surface area contributed by atoms with E-state index >= 15 is 0 Å². The van der Waals surface area contributed by atoms with E-state index in [-0.39, 0.29) is 12.4 Å². The summed E-state index contributed by atoms with van der Waals surface area (Å²) in [6, 6.07) is 0.565. The Morgan fingerprint density at radius 2 is 1.89 bits per heavy atom. The van der Waals surface area contributed by atoms with Gasteiger partial charge in [-0.3, -0.25) is 0 Å². The number of nitrogens with zero attached hydrogens (tertiary/aromatic N) is 1. The lowest BCUT2D eigenvalue weighted by atomic mass is 10.2. The number of nitrogens with two attached hydrogens (primary N) is 1. The van der Waals surface area contributed by atoms with Gasteiger partial charge in [0.25, 0.3) is 0 Å². The van der Waals surface area contributed by atoms with E-state index in [1.807, 2.05) is 0 Å². The first-order valence-electron chi connectivity index (χ1n) is 3.08. The fourth-order valence-electron chi connectivity index (χ4n) is 0.743. The van der Waals surface area contributed by atoms with Crippen LogP contribution in [0.4, 0.5) is 0 Å². The largest absolute Gasteiger partial charge is 0.329 e. The maximum atomic E-state index is 5.44. The Morgan fingerprint density at radius 3 is 1.89 bits per heavy atom. The summed E-state index contributed by atoms with van der Waals surface area (Å²) in [5.41, 5.74) is 5.44. The molecule has 0 saturated carbocycles. The van der Waals surface area contributed by atoms with Crippen LogP contribution in [0.25, 0.3) is 0 Å². The van der Waals surface area contributed by atoms with Crippen LogP contribution >= 0.6 is 12.4 Å². The maximum absolute atomic E-state index is 5.44. The van der Waals surface area contributed by atoms with Gasteiger partial charge >= 0.3 is 0 Å². The van der Waals surface area contributed by atoms with Crippen LogP contribution in [0.1, 0.15) is 13.3 Å². The van der Waals surface area contributed by atoms with Crippen LogP contribution in [0.15, 0.2) is 0 Å². The fourth-order valence-corrected chi connectivity index (χ4v) is 0.743. The Balaban J connectivity index is 0. The normalized spacial score (nSPS) is 13.0. The molecule has 2 nitrogen and oxygen atoms in total. The van der Waals surface area contributed by atoms with Gasteiger partial charge in [-0.05, 0) is 20.5 Å². The third kappa shape index (κ3) is 4.70. The maximum Gasteiger partial charge on any atom is 0.0209 e. The highest BCUT2D eigenvalue weighted by Crippen LogP contribution is 1.93. The van der Waals surface area contributed by atoms with Crippen molar-refractivity contribution in [1.82, 2.24) is 4.90 Å². The first-order valence-corrected chi connectivity index (χ1v) is 3.08. The molecule has 9 heavy (non-hydrogen) atoms. The molecule has 58 valence electrons. The van der Waals surface area contributed by atoms with Gasteiger partial charge in [-0.15, -0.1) is 12.4 Å². The summed E-state index contributed by atoms with van der Waals surface area (Å²) in [6.45, 7) is 2.92. The zero-order chi connectivity index (χ0) is 6.57. The molecular weight excluding hydrogens is 136 g/mol. The summed E-state index contributed by atoms with van der Waals surface area (Å²) in [5, 5.41) is 0. The summed E-state index contributed by atoms with van der Waals surface area (Å²) in [4.78, 5) is 2.15. The highest BCUT2D eigenvalue weighted by Gasteiger charge is 2.03. The minimum Gasteiger partial charge on any atom is -0.329 e. The van der Waals surface area contributed by atoms with Gasteiger partial charge in [0.2, 0.25) is 0 Å². The van der Waals surface area contributed by atoms with Crippen molar-refractivity contribution >= 4 is 12.4 Å². The van der Waals surface area contributed by atoms with Crippen LogP contribution in [-0.4, -0.2) is 31.6 Å². The lowest BCUT2D eigenvalue weighted by Crippen LogP contribution is -2.34. The second-order valence-corrected chi connectivity index (χ2v) is 2.26. The summed E-state index contributed by atoms with van der Waals surface area (Å²) in [6.07, 6.45) is 1.14. The van der Waals surface area contributed by atoms with Gasteiger partial charge in [0.15, 0.2) is 0 Å². The Hall–Kier alpha value is 0.210. The van der Waals surface area contributed by atoms with Crippen molar-refractivity contribution in [2.24, 2.45) is 5.73 Å². The number of likely N-dealkylation sites (N-methyl/N-ethyl adjacent to an activating group) is 1. The molecule has 0 saturated heterocycles. The lowest BCUT2D eigenvalue weighted by molar-refractivity contribution is 0.292. The predicted molar refractivity (Wildman–Crippen MR) is 44.1 cm³/mol. The average Bonchev–Trinajstić information content (AvgIpc) is 1.69. The van der Waals surface area contributed by atoms with Crippen molar-refractivity contribution in [2.45, 2.75) is 19.4 Å². The van der Waals surface area contributed by atoms with E-state index in [2.05, 4.69) is 25.9 Å². The lowest BCUT2D eigenvalue weighted by Gasteiger charge is -2.20. The first kappa shape index (κ1) is 11.9. The first-order chi connectivity index (χ1) is 3.72. The highest BCUT2D eigenvalue weighted by atomic mass is 35.5. The predicted octanol–water partition coefficient (Wildman–Crippen LogP) is 0.707. The SMILES string of the molecule is CC[C@@H](CN)N(C)C.Cl. The van der Waals surface area contributed by atoms with E-state index in [9.17, 15) is 0 Å². The Kier molecular flexibility index (Phi) is 8.40. The molecule has 0 amide bonds. The second kappa shape index (κ2) is 6.33. The summed E-state index contributed by atoms with van der Waals surface area (Å²) < 4.78 is 0. The van der Waals surface area contributed by atoms with Crippen molar-refractivity contribution in [3.8, 4) is 0 Å². The van der Waals surface area contributed by atoms with E-state index in [1.54, 1.807) is 0 Å². The minimum atomic E-state index is 0. The molecule has 0 unspecified atom stereocenters. The van der Waals surface area contributed by atoms with Gasteiger partial charge in [-0.2, -0.15) is 0 Å². The van der Waals surface area contributed by atoms with E-state index in [4.69, 9.17) is 5.73 Å². The Morgan fingerprint density at radius 1 is 1.44 bits per heavy atom. The summed E-state index contributed by atoms with van der Waals surface area (Å²) in [7, 11) is 4.11. The molecule has 0 bridgehead atoms. The van der Waals surface area contributed by atoms with Crippen LogP contribution in [-0.2, 0) is 0 Å². The molecule has 0 aliphatic heterocycles. The molecule has 0 spiro atoms. The van der Waals surface area contributed by atoms with Crippen molar-refractivity contribution < 1.29 is 0 Å². The quantitative estimate of drug-likeness (QED) is 0.646. The zero-order valence-corrected chi connectivity index (χ0v) is 7.24. The molecule has 0 aromatic carbocycles.